The largest absolute Gasteiger partial charge is 0.480 e. The zero-order valence-corrected chi connectivity index (χ0v) is 18.8. The Morgan fingerprint density at radius 2 is 1.16 bits per heavy atom. The lowest BCUT2D eigenvalue weighted by Gasteiger charge is -2.25. The minimum atomic E-state index is -1.24. The number of aliphatic carboxylic acids is 3. The van der Waals surface area contributed by atoms with Crippen LogP contribution in [0.25, 0.3) is 0 Å². The van der Waals surface area contributed by atoms with Gasteiger partial charge in [0.1, 0.15) is 12.2 Å². The lowest BCUT2D eigenvalue weighted by Crippen LogP contribution is -2.44. The first-order valence-corrected chi connectivity index (χ1v) is 10.4. The third-order valence-electron chi connectivity index (χ3n) is 3.41. The van der Waals surface area contributed by atoms with Gasteiger partial charge in [-0.25, -0.2) is 0 Å². The maximum atomic E-state index is 12.0. The zero-order valence-electron chi connectivity index (χ0n) is 17.0. The highest BCUT2D eigenvalue weighted by molar-refractivity contribution is 7.80. The molecule has 0 aromatic carbocycles. The molecule has 0 aromatic heterocycles. The van der Waals surface area contributed by atoms with Crippen molar-refractivity contribution in [1.29, 1.82) is 0 Å². The molecule has 2 atom stereocenters. The molecule has 31 heavy (non-hydrogen) atoms. The number of thiol groups is 2. The number of carboxylic acids is 3. The molecule has 0 aliphatic carbocycles. The maximum absolute atomic E-state index is 12.0. The normalized spacial score (nSPS) is 12.6. The second-order valence-corrected chi connectivity index (χ2v) is 6.87. The molecule has 0 rings (SSSR count). The predicted octanol–water partition coefficient (Wildman–Crippen LogP) is -3.12. The summed E-state index contributed by atoms with van der Waals surface area (Å²) in [6.07, 6.45) is -1.95. The van der Waals surface area contributed by atoms with Gasteiger partial charge in [0, 0.05) is 37.7 Å². The lowest BCUT2D eigenvalue weighted by molar-refractivity contribution is -0.155. The van der Waals surface area contributed by atoms with Crippen molar-refractivity contribution in [2.45, 2.75) is 12.2 Å². The van der Waals surface area contributed by atoms with Crippen LogP contribution >= 0.6 is 25.3 Å². The molecule has 0 spiro atoms. The summed E-state index contributed by atoms with van der Waals surface area (Å²) in [5, 5.41) is 36.2. The highest BCUT2D eigenvalue weighted by atomic mass is 32.1. The van der Waals surface area contributed by atoms with Crippen molar-refractivity contribution < 1.29 is 44.3 Å². The number of rotatable bonds is 16. The Morgan fingerprint density at radius 1 is 0.774 bits per heavy atom. The van der Waals surface area contributed by atoms with Crippen molar-refractivity contribution in [1.82, 2.24) is 9.80 Å². The fourth-order valence-corrected chi connectivity index (χ4v) is 2.58. The van der Waals surface area contributed by atoms with Crippen LogP contribution in [0.2, 0.25) is 0 Å². The predicted molar refractivity (Wildman–Crippen MR) is 117 cm³/mol. The molecule has 13 nitrogen and oxygen atoms in total. The number of carbonyl (C=O) groups is 4. The molecule has 0 radical (unpaired) electrons. The number of ether oxygens (including phenoxy) is 1. The van der Waals surface area contributed by atoms with E-state index in [0.717, 1.165) is 4.90 Å². The standard InChI is InChI=1S/C14H24N2O9S2.C2H8N2/c17-9(7-26)10(8-27)25-14(24)6-16(5-13(22)23)2-1-15(3-11(18)19)4-12(20)21;3-1-2-4/h9-10,17,26-27H,1-8H2,(H,18,19)(H,20,21)(H,22,23);1-4H2/t9-,10-;/m1./s1. The summed E-state index contributed by atoms with van der Waals surface area (Å²) >= 11 is 7.86. The monoisotopic (exact) mass is 488 g/mol. The minimum Gasteiger partial charge on any atom is -0.480 e. The van der Waals surface area contributed by atoms with Crippen molar-refractivity contribution in [3.05, 3.63) is 0 Å². The fourth-order valence-electron chi connectivity index (χ4n) is 2.03. The van der Waals surface area contributed by atoms with Crippen LogP contribution < -0.4 is 11.5 Å². The van der Waals surface area contributed by atoms with Crippen LogP contribution in [0.1, 0.15) is 0 Å². The van der Waals surface area contributed by atoms with Crippen LogP contribution in [-0.2, 0) is 23.9 Å². The van der Waals surface area contributed by atoms with Gasteiger partial charge >= 0.3 is 23.9 Å². The van der Waals surface area contributed by atoms with Gasteiger partial charge < -0.3 is 36.6 Å². The number of carboxylic acid groups (broad SMARTS) is 3. The molecule has 0 aliphatic heterocycles. The summed E-state index contributed by atoms with van der Waals surface area (Å²) in [4.78, 5) is 46.8. The van der Waals surface area contributed by atoms with Crippen LogP contribution in [-0.4, -0.2) is 130 Å². The summed E-state index contributed by atoms with van der Waals surface area (Å²) in [6, 6.07) is 0. The summed E-state index contributed by atoms with van der Waals surface area (Å²) in [6.45, 7) is -1.05. The first-order valence-electron chi connectivity index (χ1n) is 9.10. The van der Waals surface area contributed by atoms with Crippen molar-refractivity contribution in [3.63, 3.8) is 0 Å². The lowest BCUT2D eigenvalue weighted by atomic mass is 10.2. The minimum absolute atomic E-state index is 0.0384. The molecule has 0 aromatic rings. The molecule has 0 aliphatic rings. The average molecular weight is 489 g/mol. The van der Waals surface area contributed by atoms with E-state index < -0.39 is 62.3 Å². The topological polar surface area (TPSA) is 217 Å². The molecule has 8 N–H and O–H groups in total. The van der Waals surface area contributed by atoms with E-state index in [2.05, 4.69) is 25.3 Å². The van der Waals surface area contributed by atoms with Crippen LogP contribution in [0.5, 0.6) is 0 Å². The summed E-state index contributed by atoms with van der Waals surface area (Å²) < 4.78 is 5.05. The molecule has 0 fully saturated rings. The number of hydrogen-bond acceptors (Lipinski definition) is 12. The second-order valence-electron chi connectivity index (χ2n) is 6.14. The molecule has 0 amide bonds. The SMILES string of the molecule is NCCN.O=C(O)CN(CCN(CC(=O)O)CC(=O)O[C@H](CS)[C@H](O)CS)CC(=O)O. The summed E-state index contributed by atoms with van der Waals surface area (Å²) in [7, 11) is 0. The van der Waals surface area contributed by atoms with E-state index in [1.165, 1.54) is 4.90 Å². The molecule has 15 heteroatoms. The molecule has 0 heterocycles. The number of carbonyl (C=O) groups excluding carboxylic acids is 1. The van der Waals surface area contributed by atoms with Crippen molar-refractivity contribution in [3.8, 4) is 0 Å². The molecule has 182 valence electrons. The molecular weight excluding hydrogens is 456 g/mol. The van der Waals surface area contributed by atoms with E-state index in [4.69, 9.17) is 31.5 Å². The van der Waals surface area contributed by atoms with E-state index in [1.807, 2.05) is 0 Å². The number of esters is 1. The number of nitrogens with two attached hydrogens (primary N) is 2. The Labute approximate surface area is 191 Å². The Balaban J connectivity index is 0. The fraction of sp³-hybridized carbons (Fsp3) is 0.750. The number of hydrogen-bond donors (Lipinski definition) is 8. The quantitative estimate of drug-likeness (QED) is 0.0797. The van der Waals surface area contributed by atoms with Gasteiger partial charge in [0.2, 0.25) is 0 Å². The van der Waals surface area contributed by atoms with Gasteiger partial charge in [0.05, 0.1) is 26.2 Å². The van der Waals surface area contributed by atoms with Crippen LogP contribution in [0.4, 0.5) is 0 Å². The molecule has 0 saturated heterocycles. The van der Waals surface area contributed by atoms with Crippen LogP contribution in [0.3, 0.4) is 0 Å². The van der Waals surface area contributed by atoms with Crippen molar-refractivity contribution in [2.24, 2.45) is 11.5 Å². The van der Waals surface area contributed by atoms with E-state index in [9.17, 15) is 24.3 Å². The highest BCUT2D eigenvalue weighted by Gasteiger charge is 2.24. The Bertz CT molecular complexity index is 539. The average Bonchev–Trinajstić information content (AvgIpc) is 2.68. The second kappa shape index (κ2) is 19.1. The van der Waals surface area contributed by atoms with E-state index in [0.29, 0.717) is 13.1 Å². The van der Waals surface area contributed by atoms with Crippen LogP contribution in [0, 0.1) is 0 Å². The van der Waals surface area contributed by atoms with Crippen LogP contribution in [0.15, 0.2) is 0 Å². The summed E-state index contributed by atoms with van der Waals surface area (Å²) in [5.74, 6) is -4.43. The first-order chi connectivity index (χ1) is 14.5. The molecule has 0 unspecified atom stereocenters. The molecule has 0 bridgehead atoms. The highest BCUT2D eigenvalue weighted by Crippen LogP contribution is 2.05. The number of aliphatic hydroxyl groups is 1. The third kappa shape index (κ3) is 18.8. The summed E-state index contributed by atoms with van der Waals surface area (Å²) in [5.41, 5.74) is 9.81. The van der Waals surface area contributed by atoms with Gasteiger partial charge in [-0.3, -0.25) is 29.0 Å². The number of nitrogens with zero attached hydrogens (tertiary/aromatic N) is 2. The molecular formula is C16H32N4O9S2. The van der Waals surface area contributed by atoms with Gasteiger partial charge in [0.15, 0.2) is 0 Å². The van der Waals surface area contributed by atoms with Crippen molar-refractivity contribution >= 4 is 49.1 Å². The number of aliphatic hydroxyl groups excluding tert-OH is 1. The van der Waals surface area contributed by atoms with Gasteiger partial charge in [-0.1, -0.05) is 0 Å². The Kier molecular flexibility index (Phi) is 19.4. The van der Waals surface area contributed by atoms with Crippen molar-refractivity contribution in [2.75, 3.05) is 63.9 Å². The van der Waals surface area contributed by atoms with Gasteiger partial charge in [0.25, 0.3) is 0 Å². The Morgan fingerprint density at radius 3 is 1.45 bits per heavy atom. The van der Waals surface area contributed by atoms with E-state index in [-0.39, 0.29) is 24.6 Å². The first kappa shape index (κ1) is 31.6. The van der Waals surface area contributed by atoms with Gasteiger partial charge in [-0.2, -0.15) is 25.3 Å². The van der Waals surface area contributed by atoms with Gasteiger partial charge in [-0.15, -0.1) is 0 Å². The van der Waals surface area contributed by atoms with E-state index in [1.54, 1.807) is 0 Å². The maximum Gasteiger partial charge on any atom is 0.320 e. The third-order valence-corrected chi connectivity index (χ3v) is 4.14. The Hall–Kier alpha value is -1.62. The smallest absolute Gasteiger partial charge is 0.320 e. The van der Waals surface area contributed by atoms with E-state index >= 15 is 0 Å². The van der Waals surface area contributed by atoms with Gasteiger partial charge in [-0.05, 0) is 0 Å². The molecule has 0 saturated carbocycles. The zero-order chi connectivity index (χ0) is 24.4.